The number of hydrogen-bond donors (Lipinski definition) is 0. The number of methoxy groups -OCH3 is 1. The summed E-state index contributed by atoms with van der Waals surface area (Å²) in [4.78, 5) is 14.9. The summed E-state index contributed by atoms with van der Waals surface area (Å²) >= 11 is 0. The number of fused-ring (bicyclic) bond motifs is 3. The van der Waals surface area contributed by atoms with Gasteiger partial charge in [0.1, 0.15) is 29.7 Å². The topological polar surface area (TPSA) is 61.1 Å². The second-order valence-corrected chi connectivity index (χ2v) is 6.98. The number of rotatable bonds is 4. The minimum Gasteiger partial charge on any atom is -0.497 e. The molecule has 2 aliphatic heterocycles. The third-order valence-corrected chi connectivity index (χ3v) is 5.06. The number of ether oxygens (including phenoxy) is 3. The molecule has 0 atom stereocenters. The van der Waals surface area contributed by atoms with Gasteiger partial charge in [-0.3, -0.25) is 9.69 Å². The van der Waals surface area contributed by atoms with Crippen LogP contribution in [-0.2, 0) is 13.1 Å². The van der Waals surface area contributed by atoms with E-state index in [-0.39, 0.29) is 11.5 Å². The average Bonchev–Trinajstić information content (AvgIpc) is 3.37. The number of nitrogens with zero attached hydrogens (tertiary/aromatic N) is 1. The van der Waals surface area contributed by atoms with Crippen LogP contribution in [0.1, 0.15) is 27.2 Å². The van der Waals surface area contributed by atoms with Crippen LogP contribution < -0.4 is 14.2 Å². The number of furan rings is 1. The summed E-state index contributed by atoms with van der Waals surface area (Å²) in [5.74, 6) is 2.84. The van der Waals surface area contributed by atoms with Gasteiger partial charge in [-0.05, 0) is 42.0 Å². The zero-order valence-corrected chi connectivity index (χ0v) is 15.9. The van der Waals surface area contributed by atoms with Crippen molar-refractivity contribution in [1.82, 2.24) is 4.90 Å². The lowest BCUT2D eigenvalue weighted by Crippen LogP contribution is -2.31. The Morgan fingerprint density at radius 3 is 2.76 bits per heavy atom. The fraction of sp³-hybridized carbons (Fsp3) is 0.174. The highest BCUT2D eigenvalue weighted by molar-refractivity contribution is 6.14. The number of carbonyl (C=O) groups excluding carboxylic acids is 1. The van der Waals surface area contributed by atoms with Crippen LogP contribution in [-0.4, -0.2) is 24.5 Å². The molecule has 0 amide bonds. The van der Waals surface area contributed by atoms with Crippen LogP contribution in [0.5, 0.6) is 17.2 Å². The summed E-state index contributed by atoms with van der Waals surface area (Å²) in [7, 11) is 1.65. The highest BCUT2D eigenvalue weighted by Gasteiger charge is 2.33. The van der Waals surface area contributed by atoms with E-state index >= 15 is 0 Å². The number of hydrogen-bond acceptors (Lipinski definition) is 6. The number of Topliss-reactive ketones (excluding diaryl/α,β-unsaturated/α-hetero) is 1. The van der Waals surface area contributed by atoms with E-state index in [4.69, 9.17) is 18.6 Å². The third-order valence-electron chi connectivity index (χ3n) is 5.06. The van der Waals surface area contributed by atoms with E-state index in [1.54, 1.807) is 37.6 Å². The maximum Gasteiger partial charge on any atom is 0.232 e. The maximum atomic E-state index is 12.7. The Balaban J connectivity index is 1.40. The van der Waals surface area contributed by atoms with Gasteiger partial charge in [0.05, 0.1) is 24.5 Å². The van der Waals surface area contributed by atoms with Crippen molar-refractivity contribution in [2.75, 3.05) is 13.8 Å². The van der Waals surface area contributed by atoms with Crippen molar-refractivity contribution in [3.8, 4) is 17.2 Å². The SMILES string of the molecule is COc1ccc(CN2COc3ccc4c(c3C2)O/C(=C\c2ccco2)C4=O)cc1. The first-order valence-electron chi connectivity index (χ1n) is 9.33. The summed E-state index contributed by atoms with van der Waals surface area (Å²) < 4.78 is 22.4. The summed E-state index contributed by atoms with van der Waals surface area (Å²) in [5, 5.41) is 0. The molecule has 29 heavy (non-hydrogen) atoms. The monoisotopic (exact) mass is 389 g/mol. The first-order chi connectivity index (χ1) is 14.2. The largest absolute Gasteiger partial charge is 0.497 e. The fourth-order valence-electron chi connectivity index (χ4n) is 3.60. The molecular weight excluding hydrogens is 370 g/mol. The van der Waals surface area contributed by atoms with Crippen LogP contribution in [0.2, 0.25) is 0 Å². The summed E-state index contributed by atoms with van der Waals surface area (Å²) in [6.45, 7) is 1.82. The molecule has 0 unspecified atom stereocenters. The van der Waals surface area contributed by atoms with E-state index in [9.17, 15) is 4.79 Å². The van der Waals surface area contributed by atoms with Gasteiger partial charge < -0.3 is 18.6 Å². The molecule has 3 aromatic rings. The Morgan fingerprint density at radius 2 is 2.00 bits per heavy atom. The molecule has 0 N–H and O–H groups in total. The van der Waals surface area contributed by atoms with Gasteiger partial charge in [0, 0.05) is 19.2 Å². The van der Waals surface area contributed by atoms with Gasteiger partial charge in [0.25, 0.3) is 0 Å². The van der Waals surface area contributed by atoms with E-state index in [2.05, 4.69) is 4.90 Å². The first kappa shape index (κ1) is 17.6. The smallest absolute Gasteiger partial charge is 0.232 e. The van der Waals surface area contributed by atoms with Gasteiger partial charge in [0.2, 0.25) is 5.78 Å². The molecular formula is C23H19NO5. The van der Waals surface area contributed by atoms with Crippen LogP contribution in [0.25, 0.3) is 6.08 Å². The van der Waals surface area contributed by atoms with Crippen LogP contribution >= 0.6 is 0 Å². The molecule has 5 rings (SSSR count). The summed E-state index contributed by atoms with van der Waals surface area (Å²) in [5.41, 5.74) is 2.59. The highest BCUT2D eigenvalue weighted by atomic mass is 16.5. The Kier molecular flexibility index (Phi) is 4.33. The first-order valence-corrected chi connectivity index (χ1v) is 9.33. The molecule has 0 fully saturated rings. The molecule has 3 heterocycles. The fourth-order valence-corrected chi connectivity index (χ4v) is 3.60. The van der Waals surface area contributed by atoms with E-state index in [0.29, 0.717) is 30.3 Å². The van der Waals surface area contributed by atoms with Gasteiger partial charge in [-0.15, -0.1) is 0 Å². The number of ketones is 1. The predicted octanol–water partition coefficient (Wildman–Crippen LogP) is 4.26. The number of allylic oxidation sites excluding steroid dienone is 1. The number of benzene rings is 2. The van der Waals surface area contributed by atoms with Crippen molar-refractivity contribution >= 4 is 11.9 Å². The molecule has 6 nitrogen and oxygen atoms in total. The molecule has 6 heteroatoms. The molecule has 146 valence electrons. The number of carbonyl (C=O) groups is 1. The molecule has 0 radical (unpaired) electrons. The lowest BCUT2D eigenvalue weighted by molar-refractivity contribution is 0.0872. The van der Waals surface area contributed by atoms with Gasteiger partial charge in [-0.2, -0.15) is 0 Å². The van der Waals surface area contributed by atoms with Crippen molar-refractivity contribution in [3.05, 3.63) is 83.0 Å². The van der Waals surface area contributed by atoms with Crippen molar-refractivity contribution in [2.24, 2.45) is 0 Å². The van der Waals surface area contributed by atoms with Crippen molar-refractivity contribution in [1.29, 1.82) is 0 Å². The normalized spacial score (nSPS) is 16.9. The lowest BCUT2D eigenvalue weighted by Gasteiger charge is -2.29. The second kappa shape index (κ2) is 7.14. The molecule has 0 aliphatic carbocycles. The van der Waals surface area contributed by atoms with Gasteiger partial charge in [-0.25, -0.2) is 0 Å². The Morgan fingerprint density at radius 1 is 1.14 bits per heavy atom. The third kappa shape index (κ3) is 3.28. The van der Waals surface area contributed by atoms with Crippen LogP contribution in [0.3, 0.4) is 0 Å². The van der Waals surface area contributed by atoms with Crippen LogP contribution in [0.4, 0.5) is 0 Å². The van der Waals surface area contributed by atoms with E-state index < -0.39 is 0 Å². The van der Waals surface area contributed by atoms with Crippen molar-refractivity contribution in [3.63, 3.8) is 0 Å². The van der Waals surface area contributed by atoms with E-state index in [1.165, 1.54) is 0 Å². The van der Waals surface area contributed by atoms with Crippen LogP contribution in [0, 0.1) is 0 Å². The lowest BCUT2D eigenvalue weighted by atomic mass is 10.0. The molecule has 2 aromatic carbocycles. The summed E-state index contributed by atoms with van der Waals surface area (Å²) in [6, 6.07) is 15.1. The minimum atomic E-state index is -0.147. The van der Waals surface area contributed by atoms with Crippen molar-refractivity contribution < 1.29 is 23.4 Å². The summed E-state index contributed by atoms with van der Waals surface area (Å²) in [6.07, 6.45) is 3.18. The Labute approximate surface area is 167 Å². The molecule has 2 aliphatic rings. The molecule has 0 saturated carbocycles. The molecule has 0 spiro atoms. The molecule has 0 saturated heterocycles. The van der Waals surface area contributed by atoms with Crippen molar-refractivity contribution in [2.45, 2.75) is 13.1 Å². The van der Waals surface area contributed by atoms with E-state index in [0.717, 1.165) is 29.2 Å². The predicted molar refractivity (Wildman–Crippen MR) is 106 cm³/mol. The molecule has 1 aromatic heterocycles. The Bertz CT molecular complexity index is 1080. The Hall–Kier alpha value is -3.51. The minimum absolute atomic E-state index is 0.147. The standard InChI is InChI=1S/C23H19NO5/c1-26-16-6-4-15(5-7-16)12-24-13-19-20(28-14-24)9-8-18-22(25)21(29-23(18)19)11-17-3-2-10-27-17/h2-11H,12-14H2,1H3/b21-11-. The maximum absolute atomic E-state index is 12.7. The molecule has 0 bridgehead atoms. The van der Waals surface area contributed by atoms with E-state index in [1.807, 2.05) is 30.3 Å². The van der Waals surface area contributed by atoms with Gasteiger partial charge in [-0.1, -0.05) is 12.1 Å². The average molecular weight is 389 g/mol. The zero-order valence-electron chi connectivity index (χ0n) is 15.9. The van der Waals surface area contributed by atoms with Gasteiger partial charge >= 0.3 is 0 Å². The highest BCUT2D eigenvalue weighted by Crippen LogP contribution is 2.42. The zero-order chi connectivity index (χ0) is 19.8. The van der Waals surface area contributed by atoms with Crippen LogP contribution in [0.15, 0.2) is 65.0 Å². The second-order valence-electron chi connectivity index (χ2n) is 6.98. The quantitative estimate of drug-likeness (QED) is 0.622. The van der Waals surface area contributed by atoms with Gasteiger partial charge in [0.15, 0.2) is 5.76 Å².